The van der Waals surface area contributed by atoms with E-state index in [4.69, 9.17) is 5.73 Å². The zero-order chi connectivity index (χ0) is 9.84. The van der Waals surface area contributed by atoms with Gasteiger partial charge in [0, 0.05) is 26.2 Å². The molecule has 0 aliphatic heterocycles. The summed E-state index contributed by atoms with van der Waals surface area (Å²) in [6, 6.07) is 1.90. The van der Waals surface area contributed by atoms with Crippen LogP contribution >= 0.6 is 11.5 Å². The highest BCUT2D eigenvalue weighted by Crippen LogP contribution is 2.20. The van der Waals surface area contributed by atoms with Crippen molar-refractivity contribution in [3.05, 3.63) is 6.07 Å². The summed E-state index contributed by atoms with van der Waals surface area (Å²) in [6.07, 6.45) is 0. The van der Waals surface area contributed by atoms with E-state index in [1.807, 2.05) is 6.07 Å². The fraction of sp³-hybridized carbons (Fsp3) is 0.625. The average molecular weight is 200 g/mol. The molecule has 0 aliphatic carbocycles. The van der Waals surface area contributed by atoms with E-state index < -0.39 is 0 Å². The van der Waals surface area contributed by atoms with E-state index in [9.17, 15) is 0 Å². The van der Waals surface area contributed by atoms with Crippen molar-refractivity contribution in [3.8, 4) is 0 Å². The summed E-state index contributed by atoms with van der Waals surface area (Å²) < 4.78 is 4.03. The Balaban J connectivity index is 2.44. The molecule has 0 saturated carbocycles. The maximum atomic E-state index is 5.53. The van der Waals surface area contributed by atoms with Crippen LogP contribution in [-0.4, -0.2) is 43.5 Å². The van der Waals surface area contributed by atoms with Gasteiger partial charge in [0.25, 0.3) is 0 Å². The lowest BCUT2D eigenvalue weighted by Gasteiger charge is -2.18. The largest absolute Gasteiger partial charge is 0.383 e. The van der Waals surface area contributed by atoms with E-state index in [1.165, 1.54) is 11.5 Å². The molecule has 1 rings (SSSR count). The van der Waals surface area contributed by atoms with Crippen LogP contribution in [0.25, 0.3) is 0 Å². The van der Waals surface area contributed by atoms with Crippen molar-refractivity contribution in [1.29, 1.82) is 0 Å². The highest BCUT2D eigenvalue weighted by Gasteiger charge is 2.04. The maximum absolute atomic E-state index is 5.53. The van der Waals surface area contributed by atoms with Crippen LogP contribution in [0.4, 0.5) is 10.8 Å². The second kappa shape index (κ2) is 4.43. The third kappa shape index (κ3) is 3.20. The average Bonchev–Trinajstić information content (AvgIpc) is 2.47. The minimum atomic E-state index is 0.608. The Morgan fingerprint density at radius 3 is 2.54 bits per heavy atom. The van der Waals surface area contributed by atoms with Crippen LogP contribution in [-0.2, 0) is 0 Å². The van der Waals surface area contributed by atoms with Gasteiger partial charge in [0.1, 0.15) is 10.8 Å². The molecule has 0 bridgehead atoms. The minimum absolute atomic E-state index is 0.608. The topological polar surface area (TPSA) is 45.4 Å². The third-order valence-corrected chi connectivity index (χ3v) is 2.69. The van der Waals surface area contributed by atoms with Crippen LogP contribution in [0.2, 0.25) is 0 Å². The molecule has 74 valence electrons. The van der Waals surface area contributed by atoms with Crippen LogP contribution in [0.1, 0.15) is 0 Å². The summed E-state index contributed by atoms with van der Waals surface area (Å²) in [5.74, 6) is 0.608. The van der Waals surface area contributed by atoms with E-state index in [2.05, 4.69) is 35.3 Å². The summed E-state index contributed by atoms with van der Waals surface area (Å²) in [5.41, 5.74) is 5.53. The lowest BCUT2D eigenvalue weighted by Crippen LogP contribution is -2.27. The summed E-state index contributed by atoms with van der Waals surface area (Å²) in [5, 5.41) is 1.12. The molecule has 4 nitrogen and oxygen atoms in total. The summed E-state index contributed by atoms with van der Waals surface area (Å²) in [4.78, 5) is 4.31. The van der Waals surface area contributed by atoms with Gasteiger partial charge >= 0.3 is 0 Å². The summed E-state index contributed by atoms with van der Waals surface area (Å²) in [7, 11) is 6.18. The highest BCUT2D eigenvalue weighted by molar-refractivity contribution is 7.10. The van der Waals surface area contributed by atoms with Gasteiger partial charge in [-0.05, 0) is 25.6 Å². The second-order valence-corrected chi connectivity index (χ2v) is 4.10. The first kappa shape index (κ1) is 10.3. The predicted molar refractivity (Wildman–Crippen MR) is 58.4 cm³/mol. The Morgan fingerprint density at radius 2 is 2.08 bits per heavy atom. The Labute approximate surface area is 83.1 Å². The van der Waals surface area contributed by atoms with E-state index in [-0.39, 0.29) is 0 Å². The number of anilines is 2. The van der Waals surface area contributed by atoms with Crippen molar-refractivity contribution < 1.29 is 0 Å². The van der Waals surface area contributed by atoms with Crippen molar-refractivity contribution in [2.75, 3.05) is 44.9 Å². The number of nitrogen functional groups attached to an aromatic ring is 1. The number of hydrogen-bond acceptors (Lipinski definition) is 5. The molecule has 0 radical (unpaired) electrons. The molecule has 0 aromatic carbocycles. The Hall–Kier alpha value is -0.810. The molecule has 2 N–H and O–H groups in total. The number of likely N-dealkylation sites (N-methyl/N-ethyl adjacent to an activating group) is 2. The van der Waals surface area contributed by atoms with Gasteiger partial charge in [-0.25, -0.2) is 0 Å². The first-order chi connectivity index (χ1) is 6.09. The van der Waals surface area contributed by atoms with E-state index in [1.54, 1.807) is 0 Å². The minimum Gasteiger partial charge on any atom is -0.383 e. The predicted octanol–water partition coefficient (Wildman–Crippen LogP) is 0.723. The van der Waals surface area contributed by atoms with Crippen molar-refractivity contribution in [3.63, 3.8) is 0 Å². The monoisotopic (exact) mass is 200 g/mol. The molecule has 1 aromatic heterocycles. The van der Waals surface area contributed by atoms with E-state index in [0.717, 1.165) is 18.1 Å². The quantitative estimate of drug-likeness (QED) is 0.778. The number of hydrogen-bond donors (Lipinski definition) is 1. The lowest BCUT2D eigenvalue weighted by atomic mass is 10.5. The number of aromatic nitrogens is 1. The molecule has 1 heterocycles. The molecular formula is C8H16N4S. The molecule has 0 spiro atoms. The Morgan fingerprint density at radius 1 is 1.38 bits per heavy atom. The number of rotatable bonds is 4. The maximum Gasteiger partial charge on any atom is 0.139 e. The smallest absolute Gasteiger partial charge is 0.139 e. The van der Waals surface area contributed by atoms with E-state index in [0.29, 0.717) is 5.82 Å². The molecule has 0 fully saturated rings. The van der Waals surface area contributed by atoms with Crippen LogP contribution < -0.4 is 10.6 Å². The summed E-state index contributed by atoms with van der Waals surface area (Å²) >= 11 is 1.44. The fourth-order valence-corrected chi connectivity index (χ4v) is 1.57. The summed E-state index contributed by atoms with van der Waals surface area (Å²) in [6.45, 7) is 2.03. The van der Waals surface area contributed by atoms with Crippen molar-refractivity contribution in [2.45, 2.75) is 0 Å². The van der Waals surface area contributed by atoms with Gasteiger partial charge in [0.2, 0.25) is 0 Å². The van der Waals surface area contributed by atoms with Crippen molar-refractivity contribution >= 4 is 22.4 Å². The van der Waals surface area contributed by atoms with Gasteiger partial charge in [-0.1, -0.05) is 0 Å². The molecule has 0 aliphatic rings. The Kier molecular flexibility index (Phi) is 3.50. The molecular weight excluding hydrogens is 184 g/mol. The third-order valence-electron chi connectivity index (χ3n) is 1.77. The first-order valence-electron chi connectivity index (χ1n) is 4.17. The zero-order valence-corrected chi connectivity index (χ0v) is 9.14. The number of nitrogens with zero attached hydrogens (tertiary/aromatic N) is 3. The SMILES string of the molecule is CN(C)CCN(C)c1cc(N)ns1. The highest BCUT2D eigenvalue weighted by atomic mass is 32.1. The van der Waals surface area contributed by atoms with Crippen molar-refractivity contribution in [2.24, 2.45) is 0 Å². The second-order valence-electron chi connectivity index (χ2n) is 3.31. The van der Waals surface area contributed by atoms with Gasteiger partial charge in [-0.2, -0.15) is 4.37 Å². The molecule has 5 heteroatoms. The standard InChI is InChI=1S/C8H16N4S/c1-11(2)4-5-12(3)8-6-7(9)10-13-8/h6H,4-5H2,1-3H3,(H2,9,10). The van der Waals surface area contributed by atoms with Gasteiger partial charge in [0.15, 0.2) is 0 Å². The molecule has 0 atom stereocenters. The van der Waals surface area contributed by atoms with Gasteiger partial charge in [-0.15, -0.1) is 0 Å². The molecule has 0 unspecified atom stereocenters. The molecule has 0 amide bonds. The van der Waals surface area contributed by atoms with Gasteiger partial charge < -0.3 is 15.5 Å². The molecule has 13 heavy (non-hydrogen) atoms. The van der Waals surface area contributed by atoms with Crippen LogP contribution in [0.3, 0.4) is 0 Å². The molecule has 0 saturated heterocycles. The zero-order valence-electron chi connectivity index (χ0n) is 8.32. The fourth-order valence-electron chi connectivity index (χ4n) is 0.919. The normalized spacial score (nSPS) is 10.8. The van der Waals surface area contributed by atoms with Crippen LogP contribution in [0.15, 0.2) is 6.07 Å². The number of nitrogens with two attached hydrogens (primary N) is 1. The van der Waals surface area contributed by atoms with Gasteiger partial charge in [-0.3, -0.25) is 0 Å². The lowest BCUT2D eigenvalue weighted by molar-refractivity contribution is 0.417. The van der Waals surface area contributed by atoms with Crippen LogP contribution in [0.5, 0.6) is 0 Å². The molecule has 1 aromatic rings. The van der Waals surface area contributed by atoms with Crippen LogP contribution in [0, 0.1) is 0 Å². The first-order valence-corrected chi connectivity index (χ1v) is 4.95. The van der Waals surface area contributed by atoms with E-state index >= 15 is 0 Å². The van der Waals surface area contributed by atoms with Crippen molar-refractivity contribution in [1.82, 2.24) is 9.27 Å². The van der Waals surface area contributed by atoms with Gasteiger partial charge in [0.05, 0.1) is 0 Å². The Bertz CT molecular complexity index is 258.